The quantitative estimate of drug-likeness (QED) is 0.881. The Morgan fingerprint density at radius 2 is 2.50 bits per heavy atom. The van der Waals surface area contributed by atoms with Crippen molar-refractivity contribution in [3.05, 3.63) is 18.0 Å². The lowest BCUT2D eigenvalue weighted by Crippen LogP contribution is -2.42. The molecular weight excluding hydrogens is 232 g/mol. The maximum atomic E-state index is 12.4. The van der Waals surface area contributed by atoms with Gasteiger partial charge in [0.1, 0.15) is 0 Å². The van der Waals surface area contributed by atoms with E-state index in [0.29, 0.717) is 5.76 Å². The van der Waals surface area contributed by atoms with Crippen molar-refractivity contribution >= 4 is 5.91 Å². The molecule has 0 saturated carbocycles. The van der Waals surface area contributed by atoms with E-state index >= 15 is 0 Å². The fraction of sp³-hybridized carbons (Fsp3) is 0.692. The summed E-state index contributed by atoms with van der Waals surface area (Å²) in [5.41, 5.74) is -0.113. The standard InChI is InChI=1S/C13H18N2O3/c1-2-13(8-16)7-9-3-4-11(13)15(9)12(17)10-5-6-14-18-10/h5-6,9,11,16H,2-4,7-8H2,1H3/t9-,11+,13-/m1/s1. The minimum Gasteiger partial charge on any atom is -0.396 e. The topological polar surface area (TPSA) is 66.6 Å². The Morgan fingerprint density at radius 3 is 3.06 bits per heavy atom. The van der Waals surface area contributed by atoms with E-state index in [1.807, 2.05) is 4.90 Å². The molecule has 1 amide bonds. The average Bonchev–Trinajstić information content (AvgIpc) is 3.12. The molecule has 0 aliphatic carbocycles. The van der Waals surface area contributed by atoms with Gasteiger partial charge in [-0.05, 0) is 25.7 Å². The van der Waals surface area contributed by atoms with Crippen molar-refractivity contribution < 1.29 is 14.4 Å². The largest absolute Gasteiger partial charge is 0.396 e. The second kappa shape index (κ2) is 4.09. The van der Waals surface area contributed by atoms with Gasteiger partial charge >= 0.3 is 0 Å². The fourth-order valence-electron chi connectivity index (χ4n) is 3.71. The first-order valence-corrected chi connectivity index (χ1v) is 6.56. The van der Waals surface area contributed by atoms with E-state index in [4.69, 9.17) is 4.52 Å². The lowest BCUT2D eigenvalue weighted by Gasteiger charge is -2.34. The molecule has 3 rings (SSSR count). The molecule has 2 bridgehead atoms. The smallest absolute Gasteiger partial charge is 0.292 e. The molecule has 3 atom stereocenters. The highest BCUT2D eigenvalue weighted by atomic mass is 16.5. The zero-order chi connectivity index (χ0) is 12.8. The summed E-state index contributed by atoms with van der Waals surface area (Å²) in [5, 5.41) is 13.3. The number of carbonyl (C=O) groups excluding carboxylic acids is 1. The highest BCUT2D eigenvalue weighted by Gasteiger charge is 2.56. The molecule has 3 heterocycles. The van der Waals surface area contributed by atoms with Crippen LogP contribution < -0.4 is 0 Å². The van der Waals surface area contributed by atoms with Crippen LogP contribution in [-0.4, -0.2) is 39.8 Å². The van der Waals surface area contributed by atoms with Gasteiger partial charge in [-0.25, -0.2) is 0 Å². The molecular formula is C13H18N2O3. The fourth-order valence-corrected chi connectivity index (χ4v) is 3.71. The van der Waals surface area contributed by atoms with Crippen molar-refractivity contribution in [2.24, 2.45) is 5.41 Å². The second-order valence-electron chi connectivity index (χ2n) is 5.41. The number of aliphatic hydroxyl groups excluding tert-OH is 1. The van der Waals surface area contributed by atoms with Crippen molar-refractivity contribution in [2.75, 3.05) is 6.61 Å². The van der Waals surface area contributed by atoms with Crippen LogP contribution in [0.2, 0.25) is 0 Å². The van der Waals surface area contributed by atoms with Crippen LogP contribution in [0.4, 0.5) is 0 Å². The van der Waals surface area contributed by atoms with Gasteiger partial charge in [0, 0.05) is 23.6 Å². The molecule has 2 aliphatic rings. The summed E-state index contributed by atoms with van der Waals surface area (Å²) in [7, 11) is 0. The van der Waals surface area contributed by atoms with Crippen LogP contribution in [0.5, 0.6) is 0 Å². The molecule has 98 valence electrons. The lowest BCUT2D eigenvalue weighted by atomic mass is 9.72. The van der Waals surface area contributed by atoms with Crippen molar-refractivity contribution in [1.82, 2.24) is 10.1 Å². The lowest BCUT2D eigenvalue weighted by molar-refractivity contribution is 0.0527. The summed E-state index contributed by atoms with van der Waals surface area (Å²) in [5.74, 6) is 0.223. The highest BCUT2D eigenvalue weighted by molar-refractivity contribution is 5.92. The molecule has 5 nitrogen and oxygen atoms in total. The Balaban J connectivity index is 1.89. The van der Waals surface area contributed by atoms with Gasteiger partial charge in [-0.1, -0.05) is 12.1 Å². The van der Waals surface area contributed by atoms with Crippen LogP contribution in [0.3, 0.4) is 0 Å². The third-order valence-corrected chi connectivity index (χ3v) is 4.75. The first-order chi connectivity index (χ1) is 8.72. The first-order valence-electron chi connectivity index (χ1n) is 6.56. The zero-order valence-electron chi connectivity index (χ0n) is 10.5. The van der Waals surface area contributed by atoms with E-state index in [2.05, 4.69) is 12.1 Å². The van der Waals surface area contributed by atoms with Gasteiger partial charge in [-0.15, -0.1) is 0 Å². The summed E-state index contributed by atoms with van der Waals surface area (Å²) >= 11 is 0. The normalized spacial score (nSPS) is 34.2. The number of nitrogens with zero attached hydrogens (tertiary/aromatic N) is 2. The van der Waals surface area contributed by atoms with Crippen molar-refractivity contribution in [3.8, 4) is 0 Å². The van der Waals surface area contributed by atoms with Crippen LogP contribution >= 0.6 is 0 Å². The number of aromatic nitrogens is 1. The zero-order valence-corrected chi connectivity index (χ0v) is 10.5. The molecule has 2 aliphatic heterocycles. The number of amides is 1. The number of rotatable bonds is 3. The minimum absolute atomic E-state index is 0.0798. The van der Waals surface area contributed by atoms with Gasteiger partial charge in [-0.2, -0.15) is 0 Å². The maximum Gasteiger partial charge on any atom is 0.292 e. The summed E-state index contributed by atoms with van der Waals surface area (Å²) < 4.78 is 4.96. The third kappa shape index (κ3) is 1.43. The van der Waals surface area contributed by atoms with E-state index in [0.717, 1.165) is 25.7 Å². The van der Waals surface area contributed by atoms with Gasteiger partial charge in [0.05, 0.1) is 12.8 Å². The molecule has 0 spiro atoms. The molecule has 2 fully saturated rings. The van der Waals surface area contributed by atoms with Crippen molar-refractivity contribution in [1.29, 1.82) is 0 Å². The maximum absolute atomic E-state index is 12.4. The van der Waals surface area contributed by atoms with Crippen LogP contribution in [0.1, 0.15) is 43.2 Å². The Bertz CT molecular complexity index is 439. The Kier molecular flexibility index (Phi) is 2.66. The SMILES string of the molecule is CC[C@]1(CO)C[C@H]2CC[C@@H]1N2C(=O)c1ccno1. The molecule has 1 aromatic heterocycles. The first kappa shape index (κ1) is 11.7. The number of fused-ring (bicyclic) bond motifs is 2. The number of hydrogen-bond donors (Lipinski definition) is 1. The Labute approximate surface area is 106 Å². The van der Waals surface area contributed by atoms with Gasteiger partial charge in [0.25, 0.3) is 5.91 Å². The van der Waals surface area contributed by atoms with Gasteiger partial charge in [-0.3, -0.25) is 4.79 Å². The Morgan fingerprint density at radius 1 is 1.67 bits per heavy atom. The highest BCUT2D eigenvalue weighted by Crippen LogP contribution is 2.51. The van der Waals surface area contributed by atoms with Crippen LogP contribution in [0.15, 0.2) is 16.8 Å². The van der Waals surface area contributed by atoms with E-state index < -0.39 is 0 Å². The molecule has 2 saturated heterocycles. The summed E-state index contributed by atoms with van der Waals surface area (Å²) in [6, 6.07) is 2.00. The molecule has 0 aromatic carbocycles. The van der Waals surface area contributed by atoms with Gasteiger partial charge < -0.3 is 14.5 Å². The van der Waals surface area contributed by atoms with E-state index in [1.165, 1.54) is 6.20 Å². The van der Waals surface area contributed by atoms with Crippen LogP contribution in [0.25, 0.3) is 0 Å². The second-order valence-corrected chi connectivity index (χ2v) is 5.41. The van der Waals surface area contributed by atoms with E-state index in [-0.39, 0.29) is 30.0 Å². The molecule has 0 radical (unpaired) electrons. The van der Waals surface area contributed by atoms with Crippen LogP contribution in [0, 0.1) is 5.41 Å². The summed E-state index contributed by atoms with van der Waals surface area (Å²) in [6.07, 6.45) is 5.32. The van der Waals surface area contributed by atoms with Crippen molar-refractivity contribution in [2.45, 2.75) is 44.7 Å². The van der Waals surface area contributed by atoms with Gasteiger partial charge in [0.15, 0.2) is 0 Å². The van der Waals surface area contributed by atoms with Gasteiger partial charge in [0.2, 0.25) is 5.76 Å². The summed E-state index contributed by atoms with van der Waals surface area (Å²) in [4.78, 5) is 14.3. The molecule has 1 N–H and O–H groups in total. The number of carbonyl (C=O) groups is 1. The monoisotopic (exact) mass is 250 g/mol. The molecule has 0 unspecified atom stereocenters. The number of hydrogen-bond acceptors (Lipinski definition) is 4. The summed E-state index contributed by atoms with van der Waals surface area (Å²) in [6.45, 7) is 2.25. The minimum atomic E-state index is -0.113. The predicted octanol–water partition coefficient (Wildman–Crippen LogP) is 1.44. The average molecular weight is 250 g/mol. The van der Waals surface area contributed by atoms with E-state index in [1.54, 1.807) is 6.07 Å². The van der Waals surface area contributed by atoms with Crippen molar-refractivity contribution in [3.63, 3.8) is 0 Å². The molecule has 18 heavy (non-hydrogen) atoms. The number of aliphatic hydroxyl groups is 1. The van der Waals surface area contributed by atoms with E-state index in [9.17, 15) is 9.90 Å². The Hall–Kier alpha value is -1.36. The van der Waals surface area contributed by atoms with Crippen LogP contribution in [-0.2, 0) is 0 Å². The predicted molar refractivity (Wildman–Crippen MR) is 63.9 cm³/mol. The third-order valence-electron chi connectivity index (χ3n) is 4.75. The molecule has 5 heteroatoms. The molecule has 1 aromatic rings.